The molecule has 1 saturated carbocycles. The van der Waals surface area contributed by atoms with Gasteiger partial charge in [0.1, 0.15) is 0 Å². The maximum absolute atomic E-state index is 5.64. The molecule has 0 radical (unpaired) electrons. The van der Waals surface area contributed by atoms with E-state index in [0.717, 1.165) is 5.82 Å². The number of ether oxygens (including phenoxy) is 1. The second-order valence-corrected chi connectivity index (χ2v) is 4.90. The molecule has 1 atom stereocenters. The highest BCUT2D eigenvalue weighted by Crippen LogP contribution is 2.30. The first-order valence-corrected chi connectivity index (χ1v) is 6.97. The minimum atomic E-state index is -0.0188. The predicted molar refractivity (Wildman–Crippen MR) is 68.3 cm³/mol. The maximum atomic E-state index is 5.64. The molecule has 5 heteroatoms. The standard InChI is InChI=1S/C13H23N3O2/c1-2-17-11(9-14)8-12-15-13(16-18-12)10-6-4-3-5-7-10/h10-11H,2-9,14H2,1H3. The van der Waals surface area contributed by atoms with Gasteiger partial charge in [0, 0.05) is 19.1 Å². The van der Waals surface area contributed by atoms with Gasteiger partial charge in [0.2, 0.25) is 5.89 Å². The Balaban J connectivity index is 1.92. The fourth-order valence-electron chi connectivity index (χ4n) is 2.52. The minimum Gasteiger partial charge on any atom is -0.377 e. The molecular weight excluding hydrogens is 230 g/mol. The zero-order valence-electron chi connectivity index (χ0n) is 11.1. The Labute approximate surface area is 108 Å². The van der Waals surface area contributed by atoms with Gasteiger partial charge >= 0.3 is 0 Å². The van der Waals surface area contributed by atoms with Crippen LogP contribution in [0.3, 0.4) is 0 Å². The Bertz CT molecular complexity index is 348. The second kappa shape index (κ2) is 6.85. The predicted octanol–water partition coefficient (Wildman–Crippen LogP) is 2.02. The molecule has 102 valence electrons. The van der Waals surface area contributed by atoms with Crippen LogP contribution in [0, 0.1) is 0 Å². The number of nitrogens with two attached hydrogens (primary N) is 1. The van der Waals surface area contributed by atoms with Gasteiger partial charge in [0.25, 0.3) is 0 Å². The Morgan fingerprint density at radius 1 is 1.39 bits per heavy atom. The average molecular weight is 253 g/mol. The first kappa shape index (κ1) is 13.5. The molecule has 1 fully saturated rings. The lowest BCUT2D eigenvalue weighted by molar-refractivity contribution is 0.0636. The SMILES string of the molecule is CCOC(CN)Cc1nc(C2CCCCC2)no1. The zero-order chi connectivity index (χ0) is 12.8. The monoisotopic (exact) mass is 253 g/mol. The van der Waals surface area contributed by atoms with Crippen molar-refractivity contribution in [1.82, 2.24) is 10.1 Å². The van der Waals surface area contributed by atoms with Crippen molar-refractivity contribution in [2.24, 2.45) is 5.73 Å². The molecule has 18 heavy (non-hydrogen) atoms. The highest BCUT2D eigenvalue weighted by molar-refractivity contribution is 4.97. The third-order valence-corrected chi connectivity index (χ3v) is 3.52. The van der Waals surface area contributed by atoms with Crippen LogP contribution in [0.15, 0.2) is 4.52 Å². The van der Waals surface area contributed by atoms with Gasteiger partial charge in [-0.15, -0.1) is 0 Å². The molecule has 1 aromatic heterocycles. The van der Waals surface area contributed by atoms with Crippen LogP contribution in [0.2, 0.25) is 0 Å². The van der Waals surface area contributed by atoms with Gasteiger partial charge in [-0.05, 0) is 19.8 Å². The smallest absolute Gasteiger partial charge is 0.229 e. The summed E-state index contributed by atoms with van der Waals surface area (Å²) < 4.78 is 10.8. The molecule has 1 unspecified atom stereocenters. The van der Waals surface area contributed by atoms with Crippen LogP contribution >= 0.6 is 0 Å². The Kier molecular flexibility index (Phi) is 5.13. The number of aromatic nitrogens is 2. The van der Waals surface area contributed by atoms with Crippen LogP contribution in [-0.2, 0) is 11.2 Å². The number of hydrogen-bond acceptors (Lipinski definition) is 5. The lowest BCUT2D eigenvalue weighted by Crippen LogP contribution is -2.26. The second-order valence-electron chi connectivity index (χ2n) is 4.90. The summed E-state index contributed by atoms with van der Waals surface area (Å²) in [4.78, 5) is 4.49. The molecule has 5 nitrogen and oxygen atoms in total. The van der Waals surface area contributed by atoms with E-state index in [9.17, 15) is 0 Å². The molecule has 0 saturated heterocycles. The van der Waals surface area contributed by atoms with Crippen molar-refractivity contribution in [3.8, 4) is 0 Å². The normalized spacial score (nSPS) is 19.0. The number of hydrogen-bond donors (Lipinski definition) is 1. The van der Waals surface area contributed by atoms with E-state index >= 15 is 0 Å². The van der Waals surface area contributed by atoms with Gasteiger partial charge in [-0.2, -0.15) is 4.98 Å². The van der Waals surface area contributed by atoms with Gasteiger partial charge in [0.05, 0.1) is 12.5 Å². The summed E-state index contributed by atoms with van der Waals surface area (Å²) in [5, 5.41) is 4.10. The minimum absolute atomic E-state index is 0.0188. The Morgan fingerprint density at radius 3 is 2.83 bits per heavy atom. The molecule has 2 N–H and O–H groups in total. The highest BCUT2D eigenvalue weighted by Gasteiger charge is 2.21. The molecule has 1 aromatic rings. The summed E-state index contributed by atoms with van der Waals surface area (Å²) in [6, 6.07) is 0. The fraction of sp³-hybridized carbons (Fsp3) is 0.846. The van der Waals surface area contributed by atoms with E-state index in [4.69, 9.17) is 15.0 Å². The van der Waals surface area contributed by atoms with Crippen molar-refractivity contribution in [2.45, 2.75) is 57.5 Å². The Morgan fingerprint density at radius 2 is 2.17 bits per heavy atom. The van der Waals surface area contributed by atoms with E-state index < -0.39 is 0 Å². The van der Waals surface area contributed by atoms with Crippen LogP contribution in [0.5, 0.6) is 0 Å². The molecule has 1 heterocycles. The molecule has 0 amide bonds. The molecule has 2 rings (SSSR count). The van der Waals surface area contributed by atoms with Crippen molar-refractivity contribution in [2.75, 3.05) is 13.2 Å². The van der Waals surface area contributed by atoms with Crippen LogP contribution in [0.1, 0.15) is 56.7 Å². The zero-order valence-corrected chi connectivity index (χ0v) is 11.1. The van der Waals surface area contributed by atoms with E-state index in [1.165, 1.54) is 32.1 Å². The molecular formula is C13H23N3O2. The van der Waals surface area contributed by atoms with E-state index in [2.05, 4.69) is 10.1 Å². The molecule has 0 aromatic carbocycles. The first-order valence-electron chi connectivity index (χ1n) is 6.97. The highest BCUT2D eigenvalue weighted by atomic mass is 16.5. The summed E-state index contributed by atoms with van der Waals surface area (Å²) >= 11 is 0. The Hall–Kier alpha value is -0.940. The largest absolute Gasteiger partial charge is 0.377 e. The van der Waals surface area contributed by atoms with Gasteiger partial charge in [-0.3, -0.25) is 0 Å². The number of rotatable bonds is 6. The van der Waals surface area contributed by atoms with E-state index in [-0.39, 0.29) is 6.10 Å². The third-order valence-electron chi connectivity index (χ3n) is 3.52. The molecule has 1 aliphatic carbocycles. The van der Waals surface area contributed by atoms with Crippen LogP contribution in [0.25, 0.3) is 0 Å². The average Bonchev–Trinajstić information content (AvgIpc) is 2.88. The van der Waals surface area contributed by atoms with E-state index in [1.807, 2.05) is 6.92 Å². The quantitative estimate of drug-likeness (QED) is 0.839. The van der Waals surface area contributed by atoms with Crippen LogP contribution in [0.4, 0.5) is 0 Å². The van der Waals surface area contributed by atoms with Crippen LogP contribution < -0.4 is 5.73 Å². The summed E-state index contributed by atoms with van der Waals surface area (Å²) in [7, 11) is 0. The van der Waals surface area contributed by atoms with E-state index in [1.54, 1.807) is 0 Å². The van der Waals surface area contributed by atoms with Gasteiger partial charge in [-0.1, -0.05) is 24.4 Å². The van der Waals surface area contributed by atoms with Crippen molar-refractivity contribution in [3.05, 3.63) is 11.7 Å². The summed E-state index contributed by atoms with van der Waals surface area (Å²) in [5.41, 5.74) is 5.64. The molecule has 0 bridgehead atoms. The maximum Gasteiger partial charge on any atom is 0.229 e. The van der Waals surface area contributed by atoms with Gasteiger partial charge in [0.15, 0.2) is 5.82 Å². The van der Waals surface area contributed by atoms with Gasteiger partial charge < -0.3 is 15.0 Å². The van der Waals surface area contributed by atoms with Crippen molar-refractivity contribution < 1.29 is 9.26 Å². The lowest BCUT2D eigenvalue weighted by Gasteiger charge is -2.17. The van der Waals surface area contributed by atoms with Crippen molar-refractivity contribution in [3.63, 3.8) is 0 Å². The summed E-state index contributed by atoms with van der Waals surface area (Å²) in [5.74, 6) is 2.01. The molecule has 0 spiro atoms. The molecule has 1 aliphatic rings. The molecule has 0 aliphatic heterocycles. The summed E-state index contributed by atoms with van der Waals surface area (Å²) in [6.07, 6.45) is 6.85. The van der Waals surface area contributed by atoms with E-state index in [0.29, 0.717) is 31.4 Å². The van der Waals surface area contributed by atoms with Crippen LogP contribution in [-0.4, -0.2) is 29.4 Å². The van der Waals surface area contributed by atoms with Crippen molar-refractivity contribution in [1.29, 1.82) is 0 Å². The lowest BCUT2D eigenvalue weighted by atomic mass is 9.89. The van der Waals surface area contributed by atoms with Gasteiger partial charge in [-0.25, -0.2) is 0 Å². The third kappa shape index (κ3) is 3.53. The van der Waals surface area contributed by atoms with Crippen molar-refractivity contribution >= 4 is 0 Å². The fourth-order valence-corrected chi connectivity index (χ4v) is 2.52. The summed E-state index contributed by atoms with van der Waals surface area (Å²) in [6.45, 7) is 3.10. The number of nitrogens with zero attached hydrogens (tertiary/aromatic N) is 2. The topological polar surface area (TPSA) is 74.2 Å². The first-order chi connectivity index (χ1) is 8.83.